The number of carbonyl (C=O) groups is 3. The monoisotopic (exact) mass is 519 g/mol. The number of hydrogen-bond donors (Lipinski definition) is 4. The number of anilines is 2. The van der Waals surface area contributed by atoms with Gasteiger partial charge in [0.15, 0.2) is 0 Å². The lowest BCUT2D eigenvalue weighted by Gasteiger charge is -2.18. The third kappa shape index (κ3) is 6.05. The minimum absolute atomic E-state index is 0.0458. The maximum Gasteiger partial charge on any atom is 0.326 e. The first kappa shape index (κ1) is 25.7. The van der Waals surface area contributed by atoms with Crippen LogP contribution in [0.4, 0.5) is 20.6 Å². The van der Waals surface area contributed by atoms with Crippen molar-refractivity contribution in [1.82, 2.24) is 5.32 Å². The van der Waals surface area contributed by atoms with Crippen molar-refractivity contribution in [3.63, 3.8) is 0 Å². The fraction of sp³-hybridized carbons (Fsp3) is 0.107. The van der Waals surface area contributed by atoms with Crippen LogP contribution in [0.1, 0.15) is 21.5 Å². The number of urea groups is 1. The summed E-state index contributed by atoms with van der Waals surface area (Å²) in [5.74, 6) is -2.62. The van der Waals surface area contributed by atoms with Crippen molar-refractivity contribution in [1.29, 1.82) is 0 Å². The van der Waals surface area contributed by atoms with Crippen molar-refractivity contribution >= 4 is 51.7 Å². The average Bonchev–Trinajstić information content (AvgIpc) is 2.86. The van der Waals surface area contributed by atoms with Crippen molar-refractivity contribution in [2.75, 3.05) is 10.6 Å². The summed E-state index contributed by atoms with van der Waals surface area (Å²) in [6.07, 6.45) is -0.254. The van der Waals surface area contributed by atoms with Crippen molar-refractivity contribution in [2.45, 2.75) is 19.4 Å². The molecule has 9 heteroatoms. The number of carboxylic acid groups (broad SMARTS) is 1. The van der Waals surface area contributed by atoms with Crippen molar-refractivity contribution in [3.05, 3.63) is 106 Å². The maximum atomic E-state index is 14.1. The van der Waals surface area contributed by atoms with Gasteiger partial charge in [-0.3, -0.25) is 4.79 Å². The van der Waals surface area contributed by atoms with Crippen LogP contribution in [0, 0.1) is 12.7 Å². The van der Waals surface area contributed by atoms with Gasteiger partial charge in [-0.05, 0) is 53.1 Å². The normalized spacial score (nSPS) is 11.5. The number of amides is 3. The van der Waals surface area contributed by atoms with Gasteiger partial charge in [0.1, 0.15) is 11.9 Å². The lowest BCUT2D eigenvalue weighted by Crippen LogP contribution is -2.42. The summed E-state index contributed by atoms with van der Waals surface area (Å²) in [6.45, 7) is 1.79. The average molecular weight is 520 g/mol. The lowest BCUT2D eigenvalue weighted by molar-refractivity contribution is -0.139. The molecule has 188 valence electrons. The number of fused-ring (bicyclic) bond motifs is 1. The van der Waals surface area contributed by atoms with E-state index in [-0.39, 0.29) is 23.2 Å². The van der Waals surface area contributed by atoms with E-state index in [9.17, 15) is 23.9 Å². The Labute approximate surface area is 217 Å². The Balaban J connectivity index is 1.63. The molecule has 0 spiro atoms. The quantitative estimate of drug-likeness (QED) is 0.240. The van der Waals surface area contributed by atoms with Gasteiger partial charge >= 0.3 is 12.0 Å². The highest BCUT2D eigenvalue weighted by molar-refractivity contribution is 6.34. The zero-order chi connectivity index (χ0) is 26.5. The second kappa shape index (κ2) is 11.1. The Morgan fingerprint density at radius 2 is 1.59 bits per heavy atom. The van der Waals surface area contributed by atoms with Crippen LogP contribution in [0.3, 0.4) is 0 Å². The van der Waals surface area contributed by atoms with Gasteiger partial charge in [-0.2, -0.15) is 0 Å². The summed E-state index contributed by atoms with van der Waals surface area (Å²) in [5.41, 5.74) is 1.53. The molecule has 0 heterocycles. The third-order valence-electron chi connectivity index (χ3n) is 5.82. The molecule has 0 saturated carbocycles. The van der Waals surface area contributed by atoms with Gasteiger partial charge in [0.05, 0.1) is 22.0 Å². The van der Waals surface area contributed by atoms with Gasteiger partial charge in [0.25, 0.3) is 5.91 Å². The van der Waals surface area contributed by atoms with E-state index in [0.717, 1.165) is 10.9 Å². The van der Waals surface area contributed by atoms with E-state index in [1.165, 1.54) is 18.2 Å². The molecule has 0 aromatic heterocycles. The molecule has 0 bridgehead atoms. The molecular weight excluding hydrogens is 497 g/mol. The number of hydrogen-bond acceptors (Lipinski definition) is 3. The molecule has 4 aromatic rings. The van der Waals surface area contributed by atoms with Crippen LogP contribution < -0.4 is 16.0 Å². The third-order valence-corrected chi connectivity index (χ3v) is 6.14. The van der Waals surface area contributed by atoms with Crippen LogP contribution in [0.15, 0.2) is 78.9 Å². The molecule has 0 fully saturated rings. The molecule has 0 radical (unpaired) electrons. The Kier molecular flexibility index (Phi) is 7.69. The molecule has 0 aliphatic rings. The van der Waals surface area contributed by atoms with Gasteiger partial charge < -0.3 is 21.1 Å². The number of carbonyl (C=O) groups excluding carboxylic acids is 2. The molecule has 7 nitrogen and oxygen atoms in total. The number of benzene rings is 4. The molecule has 3 amide bonds. The number of nitrogens with one attached hydrogen (secondary N) is 3. The molecule has 0 unspecified atom stereocenters. The molecule has 4 N–H and O–H groups in total. The van der Waals surface area contributed by atoms with Crippen molar-refractivity contribution < 1.29 is 23.9 Å². The molecule has 4 aromatic carbocycles. The Morgan fingerprint density at radius 1 is 0.919 bits per heavy atom. The predicted molar refractivity (Wildman–Crippen MR) is 142 cm³/mol. The van der Waals surface area contributed by atoms with Gasteiger partial charge in [0, 0.05) is 6.42 Å². The zero-order valence-corrected chi connectivity index (χ0v) is 20.5. The summed E-state index contributed by atoms with van der Waals surface area (Å²) in [7, 11) is 0. The van der Waals surface area contributed by atoms with Gasteiger partial charge in [0.2, 0.25) is 0 Å². The Hall–Kier alpha value is -4.43. The van der Waals surface area contributed by atoms with E-state index in [1.807, 2.05) is 12.1 Å². The number of aliphatic carboxylic acids is 1. The smallest absolute Gasteiger partial charge is 0.326 e. The van der Waals surface area contributed by atoms with Gasteiger partial charge in [-0.15, -0.1) is 0 Å². The zero-order valence-electron chi connectivity index (χ0n) is 19.7. The van der Waals surface area contributed by atoms with Crippen LogP contribution in [0.2, 0.25) is 5.02 Å². The van der Waals surface area contributed by atoms with Crippen molar-refractivity contribution in [2.24, 2.45) is 0 Å². The molecule has 1 atom stereocenters. The second-order valence-corrected chi connectivity index (χ2v) is 8.82. The summed E-state index contributed by atoms with van der Waals surface area (Å²) >= 11 is 6.21. The number of para-hydroxylation sites is 1. The highest BCUT2D eigenvalue weighted by Gasteiger charge is 2.24. The Bertz CT molecular complexity index is 1490. The molecule has 0 aliphatic heterocycles. The fourth-order valence-corrected chi connectivity index (χ4v) is 4.18. The van der Waals surface area contributed by atoms with E-state index in [0.29, 0.717) is 16.1 Å². The molecule has 4 rings (SSSR count). The summed E-state index contributed by atoms with van der Waals surface area (Å²) in [5, 5.41) is 19.3. The first-order valence-corrected chi connectivity index (χ1v) is 11.7. The molecule has 0 aliphatic carbocycles. The highest BCUT2D eigenvalue weighted by Crippen LogP contribution is 2.27. The Morgan fingerprint density at radius 3 is 2.27 bits per heavy atom. The minimum atomic E-state index is -1.40. The summed E-state index contributed by atoms with van der Waals surface area (Å²) in [4.78, 5) is 38.0. The predicted octanol–water partition coefficient (Wildman–Crippen LogP) is 6.01. The molecule has 37 heavy (non-hydrogen) atoms. The number of halogens is 2. The largest absolute Gasteiger partial charge is 0.480 e. The lowest BCUT2D eigenvalue weighted by atomic mass is 10.0. The fourth-order valence-electron chi connectivity index (χ4n) is 3.91. The van der Waals surface area contributed by atoms with Gasteiger partial charge in [-0.25, -0.2) is 14.0 Å². The maximum absolute atomic E-state index is 14.1. The van der Waals surface area contributed by atoms with E-state index >= 15 is 0 Å². The van der Waals surface area contributed by atoms with Crippen LogP contribution in [-0.4, -0.2) is 29.1 Å². The van der Waals surface area contributed by atoms with E-state index in [1.54, 1.807) is 55.5 Å². The van der Waals surface area contributed by atoms with E-state index in [2.05, 4.69) is 16.0 Å². The standard InChI is InChI=1S/C28H23ClFN3O4/c1-16-7-6-11-21(29)25(16)33-28(37)32-23-14-18-9-3-2-8-17(18)13-20(23)26(34)31-24(27(35)36)15-19-10-4-5-12-22(19)30/h2-14,24H,15H2,1H3,(H,31,34)(H,35,36)(H2,32,33,37)/t24-/m0/s1. The van der Waals surface area contributed by atoms with E-state index in [4.69, 9.17) is 11.6 Å². The first-order chi connectivity index (χ1) is 17.7. The molecular formula is C28H23ClFN3O4. The van der Waals surface area contributed by atoms with Crippen LogP contribution >= 0.6 is 11.6 Å². The van der Waals surface area contributed by atoms with Crippen molar-refractivity contribution in [3.8, 4) is 0 Å². The first-order valence-electron chi connectivity index (χ1n) is 11.4. The minimum Gasteiger partial charge on any atom is -0.480 e. The SMILES string of the molecule is Cc1cccc(Cl)c1NC(=O)Nc1cc2ccccc2cc1C(=O)N[C@@H](Cc1ccccc1F)C(=O)O. The van der Waals surface area contributed by atoms with Crippen LogP contribution in [0.5, 0.6) is 0 Å². The van der Waals surface area contributed by atoms with E-state index < -0.39 is 29.8 Å². The number of aryl methyl sites for hydroxylation is 1. The highest BCUT2D eigenvalue weighted by atomic mass is 35.5. The topological polar surface area (TPSA) is 108 Å². The summed E-state index contributed by atoms with van der Waals surface area (Å²) in [6, 6.07) is 19.3. The summed E-state index contributed by atoms with van der Waals surface area (Å²) < 4.78 is 14.1. The van der Waals surface area contributed by atoms with Gasteiger partial charge in [-0.1, -0.05) is 66.2 Å². The number of carboxylic acids is 1. The van der Waals surface area contributed by atoms with Crippen LogP contribution in [-0.2, 0) is 11.2 Å². The molecule has 0 saturated heterocycles. The van der Waals surface area contributed by atoms with Crippen LogP contribution in [0.25, 0.3) is 10.8 Å². The number of rotatable bonds is 7. The second-order valence-electron chi connectivity index (χ2n) is 8.42.